The first kappa shape index (κ1) is 14.2. The van der Waals surface area contributed by atoms with E-state index in [0.717, 1.165) is 37.3 Å². The maximum absolute atomic E-state index is 4.99. The van der Waals surface area contributed by atoms with Gasteiger partial charge in [-0.25, -0.2) is 9.97 Å². The molecule has 118 valence electrons. The molecule has 1 N–H and O–H groups in total. The molecule has 1 atom stereocenters. The van der Waals surface area contributed by atoms with Gasteiger partial charge in [-0.05, 0) is 51.0 Å². The van der Waals surface area contributed by atoms with Crippen molar-refractivity contribution in [2.24, 2.45) is 0 Å². The van der Waals surface area contributed by atoms with Crippen LogP contribution in [0.25, 0.3) is 11.2 Å². The van der Waals surface area contributed by atoms with Crippen LogP contribution in [0.2, 0.25) is 0 Å². The van der Waals surface area contributed by atoms with E-state index in [0.29, 0.717) is 12.0 Å². The maximum atomic E-state index is 4.99. The van der Waals surface area contributed by atoms with Crippen LogP contribution in [0.5, 0.6) is 0 Å². The van der Waals surface area contributed by atoms with E-state index in [1.54, 1.807) is 0 Å². The molecule has 4 rings (SSSR count). The van der Waals surface area contributed by atoms with Crippen LogP contribution in [0.4, 0.5) is 0 Å². The first-order valence-electron chi connectivity index (χ1n) is 8.62. The van der Waals surface area contributed by atoms with Crippen LogP contribution in [-0.2, 0) is 0 Å². The van der Waals surface area contributed by atoms with Crippen molar-refractivity contribution < 1.29 is 0 Å². The van der Waals surface area contributed by atoms with Crippen LogP contribution in [0.1, 0.15) is 44.0 Å². The lowest BCUT2D eigenvalue weighted by Crippen LogP contribution is -2.29. The molecular formula is C17H25N5. The highest BCUT2D eigenvalue weighted by atomic mass is 15.2. The molecule has 5 heteroatoms. The predicted octanol–water partition coefficient (Wildman–Crippen LogP) is 2.17. The molecule has 2 aliphatic rings. The van der Waals surface area contributed by atoms with Crippen LogP contribution >= 0.6 is 0 Å². The van der Waals surface area contributed by atoms with Gasteiger partial charge in [-0.3, -0.25) is 0 Å². The maximum Gasteiger partial charge on any atom is 0.160 e. The quantitative estimate of drug-likeness (QED) is 0.943. The summed E-state index contributed by atoms with van der Waals surface area (Å²) in [5.41, 5.74) is 2.14. The van der Waals surface area contributed by atoms with Gasteiger partial charge in [0.1, 0.15) is 11.3 Å². The molecule has 2 fully saturated rings. The van der Waals surface area contributed by atoms with Crippen LogP contribution in [0, 0.1) is 0 Å². The fourth-order valence-corrected chi connectivity index (χ4v) is 3.99. The number of nitrogens with zero attached hydrogens (tertiary/aromatic N) is 4. The van der Waals surface area contributed by atoms with Gasteiger partial charge in [0.05, 0.1) is 6.04 Å². The van der Waals surface area contributed by atoms with Crippen LogP contribution in [0.3, 0.4) is 0 Å². The topological polar surface area (TPSA) is 46.0 Å². The van der Waals surface area contributed by atoms with Crippen molar-refractivity contribution in [1.29, 1.82) is 0 Å². The normalized spacial score (nSPS) is 24.3. The minimum absolute atomic E-state index is 0.532. The molecule has 2 aliphatic heterocycles. The first-order chi connectivity index (χ1) is 10.9. The summed E-state index contributed by atoms with van der Waals surface area (Å²) >= 11 is 0. The van der Waals surface area contributed by atoms with E-state index in [9.17, 15) is 0 Å². The molecule has 2 aromatic heterocycles. The van der Waals surface area contributed by atoms with E-state index in [-0.39, 0.29) is 0 Å². The summed E-state index contributed by atoms with van der Waals surface area (Å²) in [5.74, 6) is 1.85. The average Bonchev–Trinajstić information content (AvgIpc) is 3.19. The Labute approximate surface area is 131 Å². The number of rotatable bonds is 3. The second-order valence-corrected chi connectivity index (χ2v) is 6.55. The third-order valence-electron chi connectivity index (χ3n) is 5.24. The van der Waals surface area contributed by atoms with E-state index in [1.165, 1.54) is 31.6 Å². The summed E-state index contributed by atoms with van der Waals surface area (Å²) in [6.07, 6.45) is 5.49. The summed E-state index contributed by atoms with van der Waals surface area (Å²) in [6.45, 7) is 7.93. The summed E-state index contributed by atoms with van der Waals surface area (Å²) in [4.78, 5) is 12.2. The van der Waals surface area contributed by atoms with Gasteiger partial charge in [-0.1, -0.05) is 6.92 Å². The van der Waals surface area contributed by atoms with Gasteiger partial charge < -0.3 is 14.8 Å². The van der Waals surface area contributed by atoms with Gasteiger partial charge in [0.15, 0.2) is 5.65 Å². The first-order valence-corrected chi connectivity index (χ1v) is 8.62. The monoisotopic (exact) mass is 299 g/mol. The van der Waals surface area contributed by atoms with Crippen molar-refractivity contribution in [3.63, 3.8) is 0 Å². The van der Waals surface area contributed by atoms with Gasteiger partial charge in [-0.2, -0.15) is 0 Å². The van der Waals surface area contributed by atoms with Gasteiger partial charge in [0.2, 0.25) is 0 Å². The molecule has 2 aromatic rings. The molecule has 4 heterocycles. The van der Waals surface area contributed by atoms with Crippen molar-refractivity contribution >= 4 is 11.2 Å². The number of piperidine rings is 1. The summed E-state index contributed by atoms with van der Waals surface area (Å²) in [7, 11) is 0. The standard InChI is InChI=1S/C17H25N5/c1-2-21-11-7-14(12-21)22-16(13-5-9-18-10-6-13)20-15-4-3-8-19-17(15)22/h3-4,8,13-14,18H,2,5-7,9-12H2,1H3. The lowest BCUT2D eigenvalue weighted by Gasteiger charge is -2.25. The highest BCUT2D eigenvalue weighted by Gasteiger charge is 2.30. The number of hydrogen-bond donors (Lipinski definition) is 1. The zero-order valence-electron chi connectivity index (χ0n) is 13.3. The van der Waals surface area contributed by atoms with Crippen molar-refractivity contribution in [2.45, 2.75) is 38.1 Å². The minimum Gasteiger partial charge on any atom is -0.317 e. The SMILES string of the molecule is CCN1CCC(n2c(C3CCNCC3)nc3cccnc32)C1. The zero-order valence-corrected chi connectivity index (χ0v) is 13.3. The van der Waals surface area contributed by atoms with Crippen LogP contribution in [0.15, 0.2) is 18.3 Å². The van der Waals surface area contributed by atoms with Crippen molar-refractivity contribution in [2.75, 3.05) is 32.7 Å². The Morgan fingerprint density at radius 1 is 1.27 bits per heavy atom. The van der Waals surface area contributed by atoms with Crippen molar-refractivity contribution in [3.05, 3.63) is 24.2 Å². The smallest absolute Gasteiger partial charge is 0.160 e. The van der Waals surface area contributed by atoms with E-state index in [1.807, 2.05) is 12.3 Å². The Balaban J connectivity index is 1.76. The second-order valence-electron chi connectivity index (χ2n) is 6.55. The number of pyridine rings is 1. The molecule has 2 saturated heterocycles. The summed E-state index contributed by atoms with van der Waals surface area (Å²) < 4.78 is 2.47. The molecule has 0 radical (unpaired) electrons. The Kier molecular flexibility index (Phi) is 3.84. The fraction of sp³-hybridized carbons (Fsp3) is 0.647. The summed E-state index contributed by atoms with van der Waals surface area (Å²) in [6, 6.07) is 4.64. The van der Waals surface area contributed by atoms with Gasteiger partial charge in [0, 0.05) is 25.2 Å². The number of nitrogens with one attached hydrogen (secondary N) is 1. The van der Waals surface area contributed by atoms with Crippen LogP contribution in [-0.4, -0.2) is 52.2 Å². The molecule has 5 nitrogen and oxygen atoms in total. The van der Waals surface area contributed by atoms with E-state index < -0.39 is 0 Å². The molecule has 22 heavy (non-hydrogen) atoms. The van der Waals surface area contributed by atoms with Crippen molar-refractivity contribution in [1.82, 2.24) is 24.8 Å². The Bertz CT molecular complexity index is 644. The van der Waals surface area contributed by atoms with Crippen molar-refractivity contribution in [3.8, 4) is 0 Å². The van der Waals surface area contributed by atoms with Crippen LogP contribution < -0.4 is 5.32 Å². The third-order valence-corrected chi connectivity index (χ3v) is 5.24. The van der Waals surface area contributed by atoms with E-state index in [4.69, 9.17) is 4.98 Å². The van der Waals surface area contributed by atoms with E-state index >= 15 is 0 Å². The lowest BCUT2D eigenvalue weighted by atomic mass is 9.97. The molecular weight excluding hydrogens is 274 g/mol. The Hall–Kier alpha value is -1.46. The van der Waals surface area contributed by atoms with Gasteiger partial charge in [-0.15, -0.1) is 0 Å². The van der Waals surface area contributed by atoms with Gasteiger partial charge in [0.25, 0.3) is 0 Å². The molecule has 0 amide bonds. The predicted molar refractivity (Wildman–Crippen MR) is 88.1 cm³/mol. The highest BCUT2D eigenvalue weighted by molar-refractivity contribution is 5.71. The van der Waals surface area contributed by atoms with E-state index in [2.05, 4.69) is 32.8 Å². The molecule has 0 saturated carbocycles. The Morgan fingerprint density at radius 2 is 2.14 bits per heavy atom. The average molecular weight is 299 g/mol. The molecule has 0 bridgehead atoms. The molecule has 0 spiro atoms. The number of likely N-dealkylation sites (tertiary alicyclic amines) is 1. The second kappa shape index (κ2) is 5.97. The minimum atomic E-state index is 0.532. The number of imidazole rings is 1. The van der Waals surface area contributed by atoms with Gasteiger partial charge >= 0.3 is 0 Å². The molecule has 1 unspecified atom stereocenters. The number of likely N-dealkylation sites (N-methyl/N-ethyl adjacent to an activating group) is 1. The number of aromatic nitrogens is 3. The molecule has 0 aromatic carbocycles. The number of hydrogen-bond acceptors (Lipinski definition) is 4. The fourth-order valence-electron chi connectivity index (χ4n) is 3.99. The highest BCUT2D eigenvalue weighted by Crippen LogP contribution is 2.33. The largest absolute Gasteiger partial charge is 0.317 e. The summed E-state index contributed by atoms with van der Waals surface area (Å²) in [5, 5.41) is 3.46. The lowest BCUT2D eigenvalue weighted by molar-refractivity contribution is 0.337. The third kappa shape index (κ3) is 2.42. The molecule has 0 aliphatic carbocycles. The Morgan fingerprint density at radius 3 is 2.91 bits per heavy atom. The zero-order chi connectivity index (χ0) is 14.9. The number of fused-ring (bicyclic) bond motifs is 1.